The van der Waals surface area contributed by atoms with E-state index in [9.17, 15) is 9.90 Å². The van der Waals surface area contributed by atoms with Crippen LogP contribution in [-0.2, 0) is 14.3 Å². The van der Waals surface area contributed by atoms with Crippen LogP contribution in [0.4, 0.5) is 0 Å². The fraction of sp³-hybridized carbons (Fsp3) is 0.921. The Morgan fingerprint density at radius 3 is 1.36 bits per heavy atom. The van der Waals surface area contributed by atoms with Crippen LogP contribution in [0.3, 0.4) is 0 Å². The first kappa shape index (κ1) is 41.1. The Balaban J connectivity index is 3.26. The molecule has 0 saturated heterocycles. The molecule has 0 aliphatic heterocycles. The van der Waals surface area contributed by atoms with E-state index in [1.807, 2.05) is 0 Å². The molecule has 0 radical (unpaired) electrons. The van der Waals surface area contributed by atoms with Gasteiger partial charge in [0.15, 0.2) is 0 Å². The van der Waals surface area contributed by atoms with Crippen molar-refractivity contribution in [2.24, 2.45) is 0 Å². The summed E-state index contributed by atoms with van der Waals surface area (Å²) in [6.45, 7) is 5.26. The summed E-state index contributed by atoms with van der Waals surface area (Å²) in [7, 11) is 0. The number of esters is 1. The molecule has 0 heterocycles. The minimum absolute atomic E-state index is 0.169. The molecular formula is C38H74O4. The quantitative estimate of drug-likeness (QED) is 0.0450. The lowest BCUT2D eigenvalue weighted by Gasteiger charge is -2.15. The van der Waals surface area contributed by atoms with Gasteiger partial charge >= 0.3 is 5.97 Å². The fourth-order valence-corrected chi connectivity index (χ4v) is 5.50. The number of unbranched alkanes of at least 4 members (excludes halogenated alkanes) is 25. The third-order valence-electron chi connectivity index (χ3n) is 8.34. The summed E-state index contributed by atoms with van der Waals surface area (Å²) >= 11 is 0. The lowest BCUT2D eigenvalue weighted by atomic mass is 10.0. The van der Waals surface area contributed by atoms with Crippen LogP contribution < -0.4 is 0 Å². The Hall–Kier alpha value is -0.870. The van der Waals surface area contributed by atoms with Gasteiger partial charge in [-0.05, 0) is 38.5 Å². The van der Waals surface area contributed by atoms with Crippen molar-refractivity contribution in [2.45, 2.75) is 206 Å². The third-order valence-corrected chi connectivity index (χ3v) is 8.34. The first-order chi connectivity index (χ1) is 20.7. The van der Waals surface area contributed by atoms with Crippen molar-refractivity contribution in [3.05, 3.63) is 12.2 Å². The Morgan fingerprint density at radius 2 is 0.929 bits per heavy atom. The smallest absolute Gasteiger partial charge is 0.306 e. The zero-order valence-electron chi connectivity index (χ0n) is 28.5. The minimum Gasteiger partial charge on any atom is -0.457 e. The molecule has 0 spiro atoms. The molecule has 0 aliphatic carbocycles. The van der Waals surface area contributed by atoms with E-state index >= 15 is 0 Å². The van der Waals surface area contributed by atoms with E-state index in [0.717, 1.165) is 32.1 Å². The molecule has 4 nitrogen and oxygen atoms in total. The van der Waals surface area contributed by atoms with Gasteiger partial charge in [0.2, 0.25) is 0 Å². The predicted octanol–water partition coefficient (Wildman–Crippen LogP) is 11.8. The van der Waals surface area contributed by atoms with Crippen LogP contribution in [0.5, 0.6) is 0 Å². The second-order valence-electron chi connectivity index (χ2n) is 12.7. The highest BCUT2D eigenvalue weighted by atomic mass is 16.6. The molecule has 0 aromatic rings. The van der Waals surface area contributed by atoms with Gasteiger partial charge in [-0.1, -0.05) is 167 Å². The SMILES string of the molecule is CCCCCCCCCC/C=C\CCCCCCCCCCCCCCCCOCC(CO)OC(=O)CCCCCC. The van der Waals surface area contributed by atoms with Gasteiger partial charge in [0.05, 0.1) is 13.2 Å². The zero-order valence-corrected chi connectivity index (χ0v) is 28.5. The molecule has 1 unspecified atom stereocenters. The molecule has 0 aliphatic rings. The highest BCUT2D eigenvalue weighted by Gasteiger charge is 2.13. The van der Waals surface area contributed by atoms with E-state index < -0.39 is 6.10 Å². The van der Waals surface area contributed by atoms with Gasteiger partial charge in [-0.15, -0.1) is 0 Å². The Kier molecular flexibility index (Phi) is 35.6. The predicted molar refractivity (Wildman–Crippen MR) is 182 cm³/mol. The van der Waals surface area contributed by atoms with Gasteiger partial charge in [0.25, 0.3) is 0 Å². The maximum atomic E-state index is 11.8. The number of carbonyl (C=O) groups excluding carboxylic acids is 1. The number of rotatable bonds is 35. The van der Waals surface area contributed by atoms with Crippen LogP contribution in [-0.4, -0.2) is 37.0 Å². The summed E-state index contributed by atoms with van der Waals surface area (Å²) in [6, 6.07) is 0. The summed E-state index contributed by atoms with van der Waals surface area (Å²) in [5.41, 5.74) is 0. The first-order valence-electron chi connectivity index (χ1n) is 18.8. The largest absolute Gasteiger partial charge is 0.457 e. The summed E-state index contributed by atoms with van der Waals surface area (Å²) in [5, 5.41) is 9.43. The summed E-state index contributed by atoms with van der Waals surface area (Å²) in [4.78, 5) is 11.8. The van der Waals surface area contributed by atoms with E-state index in [2.05, 4.69) is 26.0 Å². The van der Waals surface area contributed by atoms with E-state index in [-0.39, 0.29) is 12.6 Å². The topological polar surface area (TPSA) is 55.8 Å². The van der Waals surface area contributed by atoms with Crippen molar-refractivity contribution in [2.75, 3.05) is 19.8 Å². The van der Waals surface area contributed by atoms with Gasteiger partial charge in [-0.2, -0.15) is 0 Å². The van der Waals surface area contributed by atoms with Crippen molar-refractivity contribution in [1.82, 2.24) is 0 Å². The molecule has 1 atom stereocenters. The summed E-state index contributed by atoms with van der Waals surface area (Å²) in [5.74, 6) is -0.216. The Bertz CT molecular complexity index is 547. The number of aliphatic hydroxyl groups excluding tert-OH is 1. The van der Waals surface area contributed by atoms with Crippen LogP contribution >= 0.6 is 0 Å². The maximum absolute atomic E-state index is 11.8. The molecule has 0 bridgehead atoms. The maximum Gasteiger partial charge on any atom is 0.306 e. The van der Waals surface area contributed by atoms with Crippen LogP contribution in [0.1, 0.15) is 200 Å². The van der Waals surface area contributed by atoms with Gasteiger partial charge in [-0.3, -0.25) is 4.79 Å². The van der Waals surface area contributed by atoms with E-state index in [0.29, 0.717) is 19.6 Å². The van der Waals surface area contributed by atoms with E-state index in [1.165, 1.54) is 148 Å². The van der Waals surface area contributed by atoms with Crippen molar-refractivity contribution in [1.29, 1.82) is 0 Å². The van der Waals surface area contributed by atoms with Crippen LogP contribution in [0.25, 0.3) is 0 Å². The molecule has 0 aromatic heterocycles. The minimum atomic E-state index is -0.523. The van der Waals surface area contributed by atoms with Crippen molar-refractivity contribution in [3.63, 3.8) is 0 Å². The zero-order chi connectivity index (χ0) is 30.6. The number of carbonyl (C=O) groups is 1. The number of hydrogen-bond acceptors (Lipinski definition) is 4. The number of ether oxygens (including phenoxy) is 2. The molecule has 250 valence electrons. The second kappa shape index (κ2) is 36.3. The number of hydrogen-bond donors (Lipinski definition) is 1. The van der Waals surface area contributed by atoms with Gasteiger partial charge in [0.1, 0.15) is 6.10 Å². The lowest BCUT2D eigenvalue weighted by molar-refractivity contribution is -0.154. The molecule has 0 fully saturated rings. The highest BCUT2D eigenvalue weighted by molar-refractivity contribution is 5.69. The average Bonchev–Trinajstić information content (AvgIpc) is 3.00. The number of allylic oxidation sites excluding steroid dienone is 2. The molecule has 42 heavy (non-hydrogen) atoms. The monoisotopic (exact) mass is 595 g/mol. The average molecular weight is 595 g/mol. The molecule has 0 aromatic carbocycles. The Labute approximate surface area is 263 Å². The van der Waals surface area contributed by atoms with Gasteiger partial charge in [0, 0.05) is 13.0 Å². The molecule has 0 amide bonds. The first-order valence-corrected chi connectivity index (χ1v) is 18.8. The molecule has 1 N–H and O–H groups in total. The normalized spacial score (nSPS) is 12.4. The van der Waals surface area contributed by atoms with Crippen LogP contribution in [0.2, 0.25) is 0 Å². The second-order valence-corrected chi connectivity index (χ2v) is 12.7. The molecule has 4 heteroatoms. The molecular weight excluding hydrogens is 520 g/mol. The van der Waals surface area contributed by atoms with Gasteiger partial charge < -0.3 is 14.6 Å². The fourth-order valence-electron chi connectivity index (χ4n) is 5.50. The van der Waals surface area contributed by atoms with Crippen molar-refractivity contribution >= 4 is 5.97 Å². The Morgan fingerprint density at radius 1 is 0.548 bits per heavy atom. The van der Waals surface area contributed by atoms with Crippen molar-refractivity contribution in [3.8, 4) is 0 Å². The highest BCUT2D eigenvalue weighted by Crippen LogP contribution is 2.14. The molecule has 0 saturated carbocycles. The summed E-state index contributed by atoms with van der Waals surface area (Å²) < 4.78 is 11.0. The third kappa shape index (κ3) is 33.6. The van der Waals surface area contributed by atoms with Crippen LogP contribution in [0, 0.1) is 0 Å². The molecule has 0 rings (SSSR count). The number of aliphatic hydroxyl groups is 1. The summed E-state index contributed by atoms with van der Waals surface area (Å²) in [6.07, 6.45) is 41.7. The standard InChI is InChI=1S/C38H74O4/c1-3-5-7-9-10-11-12-13-14-15-16-17-18-19-20-21-22-23-24-25-26-27-28-29-30-32-34-41-36-37(35-39)42-38(40)33-31-8-6-4-2/h15-16,37,39H,3-14,17-36H2,1-2H3/b16-15-. The van der Waals surface area contributed by atoms with Crippen LogP contribution in [0.15, 0.2) is 12.2 Å². The van der Waals surface area contributed by atoms with E-state index in [4.69, 9.17) is 9.47 Å². The van der Waals surface area contributed by atoms with E-state index in [1.54, 1.807) is 0 Å². The lowest BCUT2D eigenvalue weighted by Crippen LogP contribution is -2.27. The van der Waals surface area contributed by atoms with Gasteiger partial charge in [-0.25, -0.2) is 0 Å². The van der Waals surface area contributed by atoms with Crippen molar-refractivity contribution < 1.29 is 19.4 Å².